The summed E-state index contributed by atoms with van der Waals surface area (Å²) in [5.74, 6) is 0.679. The Hall–Kier alpha value is -1.26. The second-order valence-electron chi connectivity index (χ2n) is 7.18. The first-order valence-electron chi connectivity index (χ1n) is 7.91. The Labute approximate surface area is 146 Å². The third kappa shape index (κ3) is 7.23. The first kappa shape index (κ1) is 21.7. The zero-order chi connectivity index (χ0) is 17.0. The van der Waals surface area contributed by atoms with Gasteiger partial charge in [0, 0.05) is 12.1 Å². The molecule has 0 saturated carbocycles. The van der Waals surface area contributed by atoms with E-state index in [4.69, 9.17) is 10.5 Å². The number of aryl methyl sites for hydroxylation is 1. The number of nitrogens with two attached hydrogens (primary N) is 1. The van der Waals surface area contributed by atoms with Crippen LogP contribution in [0.25, 0.3) is 0 Å². The molecule has 1 aromatic rings. The molecule has 1 rings (SSSR count). The van der Waals surface area contributed by atoms with Gasteiger partial charge >= 0.3 is 0 Å². The Kier molecular flexibility index (Phi) is 8.08. The maximum absolute atomic E-state index is 12.2. The molecule has 0 aliphatic carbocycles. The van der Waals surface area contributed by atoms with Crippen molar-refractivity contribution in [3.05, 3.63) is 29.3 Å². The van der Waals surface area contributed by atoms with Gasteiger partial charge in [-0.2, -0.15) is 0 Å². The Morgan fingerprint density at radius 1 is 1.26 bits per heavy atom. The van der Waals surface area contributed by atoms with Crippen LogP contribution in [0, 0.1) is 6.92 Å². The van der Waals surface area contributed by atoms with Crippen molar-refractivity contribution < 1.29 is 9.53 Å². The summed E-state index contributed by atoms with van der Waals surface area (Å²) in [6.45, 7) is 12.3. The Balaban J connectivity index is 0.00000484. The van der Waals surface area contributed by atoms with Crippen LogP contribution in [0.3, 0.4) is 0 Å². The van der Waals surface area contributed by atoms with Crippen molar-refractivity contribution in [1.29, 1.82) is 0 Å². The van der Waals surface area contributed by atoms with Crippen LogP contribution in [0.1, 0.15) is 58.6 Å². The van der Waals surface area contributed by atoms with Gasteiger partial charge in [0.2, 0.25) is 5.91 Å². The zero-order valence-corrected chi connectivity index (χ0v) is 16.0. The first-order valence-corrected chi connectivity index (χ1v) is 7.91. The van der Waals surface area contributed by atoms with E-state index in [1.165, 1.54) is 0 Å². The molecule has 5 heteroatoms. The number of halogens is 1. The Bertz CT molecular complexity index is 522. The van der Waals surface area contributed by atoms with E-state index < -0.39 is 5.54 Å². The molecule has 0 spiro atoms. The van der Waals surface area contributed by atoms with Crippen LogP contribution in [-0.2, 0) is 11.3 Å². The van der Waals surface area contributed by atoms with Gasteiger partial charge in [-0.05, 0) is 52.7 Å². The molecule has 3 N–H and O–H groups in total. The largest absolute Gasteiger partial charge is 0.488 e. The fourth-order valence-corrected chi connectivity index (χ4v) is 2.24. The van der Waals surface area contributed by atoms with Gasteiger partial charge in [-0.25, -0.2) is 0 Å². The van der Waals surface area contributed by atoms with Crippen LogP contribution < -0.4 is 15.8 Å². The second-order valence-corrected chi connectivity index (χ2v) is 7.18. The predicted molar refractivity (Wildman–Crippen MR) is 98.2 cm³/mol. The van der Waals surface area contributed by atoms with Gasteiger partial charge in [0.25, 0.3) is 0 Å². The molecule has 0 aliphatic heterocycles. The number of benzene rings is 1. The van der Waals surface area contributed by atoms with Crippen molar-refractivity contribution >= 4 is 18.3 Å². The van der Waals surface area contributed by atoms with Crippen molar-refractivity contribution in [2.45, 2.75) is 72.1 Å². The molecular weight excluding hydrogens is 312 g/mol. The molecule has 0 radical (unpaired) electrons. The minimum absolute atomic E-state index is 0. The lowest BCUT2D eigenvalue weighted by Gasteiger charge is -2.25. The molecule has 1 unspecified atom stereocenters. The van der Waals surface area contributed by atoms with Crippen molar-refractivity contribution in [3.63, 3.8) is 0 Å². The summed E-state index contributed by atoms with van der Waals surface area (Å²) >= 11 is 0. The predicted octanol–water partition coefficient (Wildman–Crippen LogP) is 3.73. The van der Waals surface area contributed by atoms with Gasteiger partial charge < -0.3 is 15.8 Å². The molecular formula is C18H31ClN2O2. The highest BCUT2D eigenvalue weighted by molar-refractivity contribution is 5.85. The highest BCUT2D eigenvalue weighted by Gasteiger charge is 2.27. The maximum atomic E-state index is 12.2. The summed E-state index contributed by atoms with van der Waals surface area (Å²) in [6.07, 6.45) is 1.54. The van der Waals surface area contributed by atoms with Crippen molar-refractivity contribution in [1.82, 2.24) is 5.32 Å². The molecule has 4 nitrogen and oxygen atoms in total. The van der Waals surface area contributed by atoms with E-state index in [1.807, 2.05) is 52.8 Å². The summed E-state index contributed by atoms with van der Waals surface area (Å²) in [5, 5.41) is 2.93. The molecule has 1 amide bonds. The molecule has 0 heterocycles. The lowest BCUT2D eigenvalue weighted by Crippen LogP contribution is -2.51. The number of amides is 1. The van der Waals surface area contributed by atoms with Crippen LogP contribution in [0.2, 0.25) is 0 Å². The number of rotatable bonds is 6. The number of carbonyl (C=O) groups is 1. The summed E-state index contributed by atoms with van der Waals surface area (Å²) in [6, 6.07) is 6.01. The highest BCUT2D eigenvalue weighted by atomic mass is 35.5. The quantitative estimate of drug-likeness (QED) is 0.827. The average Bonchev–Trinajstić information content (AvgIpc) is 2.35. The Morgan fingerprint density at radius 2 is 1.87 bits per heavy atom. The second kappa shape index (κ2) is 8.55. The fourth-order valence-electron chi connectivity index (χ4n) is 2.24. The lowest BCUT2D eigenvalue weighted by atomic mass is 9.96. The zero-order valence-electron chi connectivity index (χ0n) is 15.2. The average molecular weight is 343 g/mol. The van der Waals surface area contributed by atoms with Crippen LogP contribution in [-0.4, -0.2) is 17.0 Å². The smallest absolute Gasteiger partial charge is 0.240 e. The molecule has 1 aromatic carbocycles. The molecule has 0 fully saturated rings. The van der Waals surface area contributed by atoms with Crippen LogP contribution >= 0.6 is 12.4 Å². The van der Waals surface area contributed by atoms with Gasteiger partial charge in [0.05, 0.1) is 5.54 Å². The third-order valence-corrected chi connectivity index (χ3v) is 3.37. The SMILES string of the molecule is CCCC(C)(N)C(=O)NCc1ccc(C)cc1OC(C)(C)C.Cl. The van der Waals surface area contributed by atoms with E-state index in [-0.39, 0.29) is 23.9 Å². The standard InChI is InChI=1S/C18H30N2O2.ClH/c1-7-10-18(6,19)16(21)20-12-14-9-8-13(2)11-15(14)22-17(3,4)5;/h8-9,11H,7,10,12,19H2,1-6H3,(H,20,21);1H. The molecule has 0 saturated heterocycles. The van der Waals surface area contributed by atoms with Gasteiger partial charge in [0.15, 0.2) is 0 Å². The summed E-state index contributed by atoms with van der Waals surface area (Å²) in [4.78, 5) is 12.2. The van der Waals surface area contributed by atoms with E-state index in [2.05, 4.69) is 5.32 Å². The van der Waals surface area contributed by atoms with E-state index >= 15 is 0 Å². The fraction of sp³-hybridized carbons (Fsp3) is 0.611. The topological polar surface area (TPSA) is 64.4 Å². The van der Waals surface area contributed by atoms with Crippen LogP contribution in [0.5, 0.6) is 5.75 Å². The number of hydrogen-bond donors (Lipinski definition) is 2. The summed E-state index contributed by atoms with van der Waals surface area (Å²) in [5.41, 5.74) is 7.03. The van der Waals surface area contributed by atoms with Gasteiger partial charge in [-0.15, -0.1) is 12.4 Å². The number of ether oxygens (including phenoxy) is 1. The summed E-state index contributed by atoms with van der Waals surface area (Å²) in [7, 11) is 0. The molecule has 0 aliphatic rings. The minimum Gasteiger partial charge on any atom is -0.488 e. The number of nitrogens with one attached hydrogen (secondary N) is 1. The number of carbonyl (C=O) groups excluding carboxylic acids is 1. The van der Waals surface area contributed by atoms with E-state index in [1.54, 1.807) is 6.92 Å². The normalized spacial score (nSPS) is 13.7. The van der Waals surface area contributed by atoms with Gasteiger partial charge in [-0.3, -0.25) is 4.79 Å². The molecule has 0 bridgehead atoms. The van der Waals surface area contributed by atoms with E-state index in [0.717, 1.165) is 23.3 Å². The van der Waals surface area contributed by atoms with Crippen LogP contribution in [0.15, 0.2) is 18.2 Å². The maximum Gasteiger partial charge on any atom is 0.240 e. The van der Waals surface area contributed by atoms with Gasteiger partial charge in [0.1, 0.15) is 11.4 Å². The van der Waals surface area contributed by atoms with E-state index in [9.17, 15) is 4.79 Å². The first-order chi connectivity index (χ1) is 10.0. The summed E-state index contributed by atoms with van der Waals surface area (Å²) < 4.78 is 6.00. The Morgan fingerprint density at radius 3 is 2.39 bits per heavy atom. The highest BCUT2D eigenvalue weighted by Crippen LogP contribution is 2.25. The van der Waals surface area contributed by atoms with Crippen molar-refractivity contribution in [2.75, 3.05) is 0 Å². The van der Waals surface area contributed by atoms with E-state index in [0.29, 0.717) is 13.0 Å². The molecule has 0 aromatic heterocycles. The van der Waals surface area contributed by atoms with Crippen LogP contribution in [0.4, 0.5) is 0 Å². The monoisotopic (exact) mass is 342 g/mol. The van der Waals surface area contributed by atoms with Gasteiger partial charge in [-0.1, -0.05) is 25.5 Å². The molecule has 132 valence electrons. The van der Waals surface area contributed by atoms with Crippen molar-refractivity contribution in [2.24, 2.45) is 5.73 Å². The molecule has 23 heavy (non-hydrogen) atoms. The lowest BCUT2D eigenvalue weighted by molar-refractivity contribution is -0.126. The number of hydrogen-bond acceptors (Lipinski definition) is 3. The molecule has 1 atom stereocenters. The minimum atomic E-state index is -0.829. The van der Waals surface area contributed by atoms with Crippen molar-refractivity contribution in [3.8, 4) is 5.75 Å². The third-order valence-electron chi connectivity index (χ3n) is 3.37.